The maximum Gasteiger partial charge on any atom is 0.336 e. The van der Waals surface area contributed by atoms with E-state index >= 15 is 0 Å². The molecular formula is C15H21NO2. The molecule has 3 unspecified atom stereocenters. The van der Waals surface area contributed by atoms with E-state index in [0.717, 1.165) is 11.5 Å². The minimum Gasteiger partial charge on any atom is -0.478 e. The van der Waals surface area contributed by atoms with Crippen LogP contribution in [0.15, 0.2) is 24.3 Å². The molecular weight excluding hydrogens is 226 g/mol. The highest BCUT2D eigenvalue weighted by atomic mass is 16.4. The molecule has 0 radical (unpaired) electrons. The Morgan fingerprint density at radius 3 is 2.67 bits per heavy atom. The predicted octanol–water partition coefficient (Wildman–Crippen LogP) is 2.91. The normalized spacial score (nSPS) is 27.3. The number of carbonyl (C=O) groups is 1. The molecule has 18 heavy (non-hydrogen) atoms. The van der Waals surface area contributed by atoms with Crippen molar-refractivity contribution in [1.82, 2.24) is 5.32 Å². The minimum absolute atomic E-state index is 0.406. The van der Waals surface area contributed by atoms with Gasteiger partial charge in [-0.05, 0) is 36.3 Å². The van der Waals surface area contributed by atoms with Crippen LogP contribution in [0.25, 0.3) is 0 Å². The highest BCUT2D eigenvalue weighted by Crippen LogP contribution is 2.31. The summed E-state index contributed by atoms with van der Waals surface area (Å²) in [4.78, 5) is 11.1. The van der Waals surface area contributed by atoms with E-state index < -0.39 is 5.97 Å². The fourth-order valence-electron chi connectivity index (χ4n) is 2.78. The summed E-state index contributed by atoms with van der Waals surface area (Å²) < 4.78 is 0. The van der Waals surface area contributed by atoms with Gasteiger partial charge in [0.2, 0.25) is 0 Å². The lowest BCUT2D eigenvalue weighted by molar-refractivity contribution is 0.0695. The van der Waals surface area contributed by atoms with Crippen molar-refractivity contribution in [2.24, 2.45) is 11.8 Å². The van der Waals surface area contributed by atoms with Gasteiger partial charge >= 0.3 is 5.97 Å². The average Bonchev–Trinajstić information content (AvgIpc) is 2.68. The van der Waals surface area contributed by atoms with Crippen LogP contribution in [-0.4, -0.2) is 17.1 Å². The van der Waals surface area contributed by atoms with E-state index in [0.29, 0.717) is 24.1 Å². The van der Waals surface area contributed by atoms with Gasteiger partial charge in [0.15, 0.2) is 0 Å². The number of benzene rings is 1. The fourth-order valence-corrected chi connectivity index (χ4v) is 2.78. The third-order valence-electron chi connectivity index (χ3n) is 4.27. The molecule has 3 nitrogen and oxygen atoms in total. The van der Waals surface area contributed by atoms with Crippen LogP contribution in [0.2, 0.25) is 0 Å². The van der Waals surface area contributed by atoms with E-state index in [1.807, 2.05) is 12.1 Å². The maximum atomic E-state index is 11.1. The number of aromatic carboxylic acids is 1. The zero-order chi connectivity index (χ0) is 13.1. The van der Waals surface area contributed by atoms with Gasteiger partial charge in [0.05, 0.1) is 5.56 Å². The van der Waals surface area contributed by atoms with Gasteiger partial charge in [0.25, 0.3) is 0 Å². The van der Waals surface area contributed by atoms with Crippen LogP contribution in [0.5, 0.6) is 0 Å². The Hall–Kier alpha value is -1.35. The van der Waals surface area contributed by atoms with Gasteiger partial charge in [-0.2, -0.15) is 0 Å². The second-order valence-corrected chi connectivity index (χ2v) is 5.36. The average molecular weight is 247 g/mol. The van der Waals surface area contributed by atoms with E-state index in [1.54, 1.807) is 12.1 Å². The zero-order valence-electron chi connectivity index (χ0n) is 11.0. The maximum absolute atomic E-state index is 11.1. The molecule has 3 atom stereocenters. The van der Waals surface area contributed by atoms with Crippen molar-refractivity contribution >= 4 is 5.97 Å². The number of hydrogen-bond acceptors (Lipinski definition) is 2. The minimum atomic E-state index is -0.847. The molecule has 0 heterocycles. The van der Waals surface area contributed by atoms with E-state index in [1.165, 1.54) is 12.8 Å². The quantitative estimate of drug-likeness (QED) is 0.860. The lowest BCUT2D eigenvalue weighted by Gasteiger charge is -2.20. The SMILES string of the molecule is CC1CCC(NCc2ccccc2C(=O)O)C1C. The van der Waals surface area contributed by atoms with Crippen LogP contribution in [0, 0.1) is 11.8 Å². The number of rotatable bonds is 4. The van der Waals surface area contributed by atoms with Gasteiger partial charge in [-0.3, -0.25) is 0 Å². The second-order valence-electron chi connectivity index (χ2n) is 5.36. The first-order valence-corrected chi connectivity index (χ1v) is 6.64. The second kappa shape index (κ2) is 5.53. The molecule has 1 aliphatic rings. The van der Waals surface area contributed by atoms with Crippen LogP contribution in [0.4, 0.5) is 0 Å². The number of carboxylic acid groups (broad SMARTS) is 1. The van der Waals surface area contributed by atoms with Crippen LogP contribution in [-0.2, 0) is 6.54 Å². The highest BCUT2D eigenvalue weighted by Gasteiger charge is 2.29. The third-order valence-corrected chi connectivity index (χ3v) is 4.27. The zero-order valence-corrected chi connectivity index (χ0v) is 11.0. The molecule has 98 valence electrons. The van der Waals surface area contributed by atoms with Crippen LogP contribution in [0.3, 0.4) is 0 Å². The molecule has 0 saturated heterocycles. The summed E-state index contributed by atoms with van der Waals surface area (Å²) in [5.41, 5.74) is 1.28. The smallest absolute Gasteiger partial charge is 0.336 e. The van der Waals surface area contributed by atoms with Crippen molar-refractivity contribution in [3.8, 4) is 0 Å². The molecule has 0 amide bonds. The molecule has 0 bridgehead atoms. The first-order valence-electron chi connectivity index (χ1n) is 6.64. The Kier molecular flexibility index (Phi) is 4.02. The van der Waals surface area contributed by atoms with Crippen molar-refractivity contribution < 1.29 is 9.90 Å². The molecule has 1 aromatic carbocycles. The van der Waals surface area contributed by atoms with Gasteiger partial charge in [0.1, 0.15) is 0 Å². The monoisotopic (exact) mass is 247 g/mol. The van der Waals surface area contributed by atoms with Crippen molar-refractivity contribution in [1.29, 1.82) is 0 Å². The molecule has 3 heteroatoms. The van der Waals surface area contributed by atoms with Crippen LogP contribution < -0.4 is 5.32 Å². The van der Waals surface area contributed by atoms with E-state index in [2.05, 4.69) is 19.2 Å². The van der Waals surface area contributed by atoms with E-state index in [-0.39, 0.29) is 0 Å². The van der Waals surface area contributed by atoms with Gasteiger partial charge in [0, 0.05) is 12.6 Å². The Balaban J connectivity index is 2.00. The van der Waals surface area contributed by atoms with Gasteiger partial charge in [-0.15, -0.1) is 0 Å². The number of nitrogens with one attached hydrogen (secondary N) is 1. The van der Waals surface area contributed by atoms with E-state index in [4.69, 9.17) is 5.11 Å². The topological polar surface area (TPSA) is 49.3 Å². The van der Waals surface area contributed by atoms with Crippen molar-refractivity contribution in [3.05, 3.63) is 35.4 Å². The summed E-state index contributed by atoms with van der Waals surface area (Å²) in [6.07, 6.45) is 2.46. The lowest BCUT2D eigenvalue weighted by atomic mass is 9.97. The van der Waals surface area contributed by atoms with E-state index in [9.17, 15) is 4.79 Å². The van der Waals surface area contributed by atoms with Crippen molar-refractivity contribution in [2.45, 2.75) is 39.3 Å². The number of carboxylic acids is 1. The molecule has 1 fully saturated rings. The predicted molar refractivity (Wildman–Crippen MR) is 71.6 cm³/mol. The summed E-state index contributed by atoms with van der Waals surface area (Å²) in [6, 6.07) is 7.73. The van der Waals surface area contributed by atoms with Crippen molar-refractivity contribution in [3.63, 3.8) is 0 Å². The molecule has 0 spiro atoms. The molecule has 2 N–H and O–H groups in total. The van der Waals surface area contributed by atoms with Crippen molar-refractivity contribution in [2.75, 3.05) is 0 Å². The molecule has 1 aromatic rings. The van der Waals surface area contributed by atoms with Crippen LogP contribution >= 0.6 is 0 Å². The number of hydrogen-bond donors (Lipinski definition) is 2. The molecule has 0 aromatic heterocycles. The summed E-state index contributed by atoms with van der Waals surface area (Å²) >= 11 is 0. The van der Waals surface area contributed by atoms with Gasteiger partial charge in [-0.25, -0.2) is 4.79 Å². The Morgan fingerprint density at radius 2 is 2.06 bits per heavy atom. The Labute approximate surface area is 108 Å². The standard InChI is InChI=1S/C15H21NO2/c1-10-7-8-14(11(10)2)16-9-12-5-3-4-6-13(12)15(17)18/h3-6,10-11,14,16H,7-9H2,1-2H3,(H,17,18). The Bertz CT molecular complexity index is 430. The first-order chi connectivity index (χ1) is 8.59. The van der Waals surface area contributed by atoms with Gasteiger partial charge < -0.3 is 10.4 Å². The fraction of sp³-hybridized carbons (Fsp3) is 0.533. The molecule has 2 rings (SSSR count). The first kappa shape index (κ1) is 13.1. The van der Waals surface area contributed by atoms with Gasteiger partial charge in [-0.1, -0.05) is 32.0 Å². The summed E-state index contributed by atoms with van der Waals surface area (Å²) in [6.45, 7) is 5.21. The third kappa shape index (κ3) is 2.72. The summed E-state index contributed by atoms with van der Waals surface area (Å²) in [5.74, 6) is 0.583. The van der Waals surface area contributed by atoms with Crippen LogP contribution in [0.1, 0.15) is 42.6 Å². The molecule has 1 saturated carbocycles. The molecule has 1 aliphatic carbocycles. The summed E-state index contributed by atoms with van der Waals surface area (Å²) in [5, 5.41) is 12.6. The highest BCUT2D eigenvalue weighted by molar-refractivity contribution is 5.89. The molecule has 0 aliphatic heterocycles. The Morgan fingerprint density at radius 1 is 1.33 bits per heavy atom. The lowest BCUT2D eigenvalue weighted by Crippen LogP contribution is -2.32. The summed E-state index contributed by atoms with van der Waals surface area (Å²) in [7, 11) is 0. The largest absolute Gasteiger partial charge is 0.478 e.